The Morgan fingerprint density at radius 3 is 2.09 bits per heavy atom. The van der Waals surface area contributed by atoms with E-state index in [0.717, 1.165) is 6.07 Å². The van der Waals surface area contributed by atoms with Crippen molar-refractivity contribution in [2.24, 2.45) is 0 Å². The van der Waals surface area contributed by atoms with Gasteiger partial charge >= 0.3 is 12.4 Å². The summed E-state index contributed by atoms with van der Waals surface area (Å²) in [5, 5.41) is 14.8. The van der Waals surface area contributed by atoms with Crippen LogP contribution in [0.2, 0.25) is 0 Å². The zero-order valence-electron chi connectivity index (χ0n) is 17.5. The van der Waals surface area contributed by atoms with Gasteiger partial charge in [0.2, 0.25) is 0 Å². The van der Waals surface area contributed by atoms with Gasteiger partial charge in [0.05, 0.1) is 40.5 Å². The molecule has 2 aromatic carbocycles. The Bertz CT molecular complexity index is 1120. The number of anilines is 2. The molecule has 1 fully saturated rings. The largest absolute Gasteiger partial charge is 0.416 e. The number of nitro benzene ring substituents is 1. The van der Waals surface area contributed by atoms with Gasteiger partial charge in [0, 0.05) is 30.9 Å². The van der Waals surface area contributed by atoms with Crippen LogP contribution in [0.3, 0.4) is 0 Å². The molecule has 1 heterocycles. The minimum absolute atomic E-state index is 0.0511. The fourth-order valence-electron chi connectivity index (χ4n) is 3.26. The number of amides is 1. The summed E-state index contributed by atoms with van der Waals surface area (Å²) in [6.45, 7) is 1.45. The maximum absolute atomic E-state index is 13.1. The lowest BCUT2D eigenvalue weighted by atomic mass is 10.1. The standard InChI is InChI=1S/C20H16F6N4O4S/c21-19(22,23)11-7-12(20(24,25)26)9-13(8-11)27-18(35)28-17(31)15-10-14(30(32)33)1-2-16(15)29-3-5-34-6-4-29/h1-2,7-10H,3-6H2,(H2,27,28,31,35). The smallest absolute Gasteiger partial charge is 0.378 e. The Kier molecular flexibility index (Phi) is 7.50. The number of nitro groups is 1. The Balaban J connectivity index is 1.86. The first-order chi connectivity index (χ1) is 16.3. The zero-order chi connectivity index (χ0) is 26.0. The van der Waals surface area contributed by atoms with Crippen LogP contribution in [-0.2, 0) is 17.1 Å². The lowest BCUT2D eigenvalue weighted by Gasteiger charge is -2.30. The summed E-state index contributed by atoms with van der Waals surface area (Å²) in [6.07, 6.45) is -10.1. The first-order valence-corrected chi connectivity index (χ1v) is 10.2. The number of halogens is 6. The number of ether oxygens (including phenoxy) is 1. The van der Waals surface area contributed by atoms with Crippen LogP contribution in [0.1, 0.15) is 21.5 Å². The molecule has 3 rings (SSSR count). The molecule has 0 unspecified atom stereocenters. The third-order valence-electron chi connectivity index (χ3n) is 4.86. The van der Waals surface area contributed by atoms with E-state index < -0.39 is 50.8 Å². The molecule has 35 heavy (non-hydrogen) atoms. The Morgan fingerprint density at radius 2 is 1.57 bits per heavy atom. The van der Waals surface area contributed by atoms with Gasteiger partial charge in [-0.3, -0.25) is 20.2 Å². The van der Waals surface area contributed by atoms with Gasteiger partial charge < -0.3 is 15.0 Å². The van der Waals surface area contributed by atoms with E-state index in [-0.39, 0.29) is 11.6 Å². The highest BCUT2D eigenvalue weighted by molar-refractivity contribution is 7.80. The van der Waals surface area contributed by atoms with Gasteiger partial charge in [-0.05, 0) is 36.5 Å². The van der Waals surface area contributed by atoms with E-state index in [1.807, 2.05) is 0 Å². The fraction of sp³-hybridized carbons (Fsp3) is 0.300. The molecular weight excluding hydrogens is 506 g/mol. The average molecular weight is 522 g/mol. The number of benzene rings is 2. The van der Waals surface area contributed by atoms with Crippen molar-refractivity contribution in [3.05, 3.63) is 63.2 Å². The highest BCUT2D eigenvalue weighted by Gasteiger charge is 2.37. The average Bonchev–Trinajstić information content (AvgIpc) is 2.77. The summed E-state index contributed by atoms with van der Waals surface area (Å²) >= 11 is 4.90. The van der Waals surface area contributed by atoms with Crippen molar-refractivity contribution in [2.75, 3.05) is 36.5 Å². The van der Waals surface area contributed by atoms with Crippen molar-refractivity contribution in [2.45, 2.75) is 12.4 Å². The van der Waals surface area contributed by atoms with Gasteiger partial charge in [-0.25, -0.2) is 0 Å². The number of non-ortho nitro benzene ring substituents is 1. The van der Waals surface area contributed by atoms with Crippen LogP contribution in [0.4, 0.5) is 43.4 Å². The summed E-state index contributed by atoms with van der Waals surface area (Å²) in [5.74, 6) is -0.948. The maximum atomic E-state index is 13.1. The minimum Gasteiger partial charge on any atom is -0.378 e. The molecule has 0 aromatic heterocycles. The number of morpholine rings is 1. The fourth-order valence-corrected chi connectivity index (χ4v) is 3.47. The Labute approximate surface area is 199 Å². The molecule has 0 atom stereocenters. The molecule has 1 amide bonds. The van der Waals surface area contributed by atoms with Crippen molar-refractivity contribution in [3.63, 3.8) is 0 Å². The molecule has 1 aliphatic rings. The van der Waals surface area contributed by atoms with Crippen molar-refractivity contribution >= 4 is 40.3 Å². The predicted octanol–water partition coefficient (Wildman–Crippen LogP) is 4.60. The lowest BCUT2D eigenvalue weighted by Crippen LogP contribution is -2.39. The second kappa shape index (κ2) is 10.0. The number of hydrogen-bond acceptors (Lipinski definition) is 6. The number of hydrogen-bond donors (Lipinski definition) is 2. The zero-order valence-corrected chi connectivity index (χ0v) is 18.3. The predicted molar refractivity (Wildman–Crippen MR) is 116 cm³/mol. The van der Waals surface area contributed by atoms with E-state index >= 15 is 0 Å². The quantitative estimate of drug-likeness (QED) is 0.262. The van der Waals surface area contributed by atoms with E-state index in [1.165, 1.54) is 12.1 Å². The van der Waals surface area contributed by atoms with Crippen LogP contribution in [0.25, 0.3) is 0 Å². The van der Waals surface area contributed by atoms with E-state index in [4.69, 9.17) is 17.0 Å². The number of alkyl halides is 6. The summed E-state index contributed by atoms with van der Waals surface area (Å²) in [7, 11) is 0. The SMILES string of the molecule is O=C(NC(=S)Nc1cc(C(F)(F)F)cc(C(F)(F)F)c1)c1cc([N+](=O)[O-])ccc1N1CCOCC1. The number of rotatable bonds is 4. The van der Waals surface area contributed by atoms with Crippen LogP contribution >= 0.6 is 12.2 Å². The third-order valence-corrected chi connectivity index (χ3v) is 5.06. The minimum atomic E-state index is -5.07. The molecule has 2 aromatic rings. The number of nitrogens with zero attached hydrogens (tertiary/aromatic N) is 2. The normalized spacial score (nSPS) is 14.4. The molecule has 0 radical (unpaired) electrons. The Morgan fingerprint density at radius 1 is 1.00 bits per heavy atom. The molecule has 188 valence electrons. The van der Waals surface area contributed by atoms with Crippen LogP contribution in [0.15, 0.2) is 36.4 Å². The van der Waals surface area contributed by atoms with Gasteiger partial charge in [0.15, 0.2) is 5.11 Å². The third kappa shape index (κ3) is 6.57. The van der Waals surface area contributed by atoms with Crippen molar-refractivity contribution < 1.29 is 40.8 Å². The summed E-state index contributed by atoms with van der Waals surface area (Å²) in [4.78, 5) is 25.0. The van der Waals surface area contributed by atoms with Crippen molar-refractivity contribution in [1.82, 2.24) is 5.32 Å². The molecule has 0 bridgehead atoms. The Hall–Kier alpha value is -3.46. The van der Waals surface area contributed by atoms with Crippen LogP contribution in [0.5, 0.6) is 0 Å². The molecular formula is C20H16F6N4O4S. The highest BCUT2D eigenvalue weighted by Crippen LogP contribution is 2.37. The molecule has 0 aliphatic carbocycles. The molecule has 2 N–H and O–H groups in total. The first kappa shape index (κ1) is 26.2. The lowest BCUT2D eigenvalue weighted by molar-refractivity contribution is -0.384. The second-order valence-corrected chi connectivity index (χ2v) is 7.67. The van der Waals surface area contributed by atoms with E-state index in [1.54, 1.807) is 4.90 Å². The van der Waals surface area contributed by atoms with E-state index in [9.17, 15) is 41.3 Å². The van der Waals surface area contributed by atoms with Gasteiger partial charge in [0.25, 0.3) is 11.6 Å². The van der Waals surface area contributed by atoms with Gasteiger partial charge in [-0.15, -0.1) is 0 Å². The van der Waals surface area contributed by atoms with Gasteiger partial charge in [-0.2, -0.15) is 26.3 Å². The molecule has 1 aliphatic heterocycles. The van der Waals surface area contributed by atoms with Gasteiger partial charge in [0.1, 0.15) is 0 Å². The monoisotopic (exact) mass is 522 g/mol. The number of carbonyl (C=O) groups excluding carboxylic acids is 1. The number of nitrogens with one attached hydrogen (secondary N) is 2. The van der Waals surface area contributed by atoms with E-state index in [2.05, 4.69) is 10.6 Å². The van der Waals surface area contributed by atoms with Gasteiger partial charge in [-0.1, -0.05) is 0 Å². The van der Waals surface area contributed by atoms with Crippen LogP contribution in [0, 0.1) is 10.1 Å². The van der Waals surface area contributed by atoms with E-state index in [0.29, 0.717) is 44.1 Å². The van der Waals surface area contributed by atoms with Crippen LogP contribution in [-0.4, -0.2) is 42.2 Å². The molecule has 0 saturated carbocycles. The number of carbonyl (C=O) groups is 1. The molecule has 0 spiro atoms. The van der Waals surface area contributed by atoms with Crippen molar-refractivity contribution in [3.8, 4) is 0 Å². The summed E-state index contributed by atoms with van der Waals surface area (Å²) < 4.78 is 83.6. The van der Waals surface area contributed by atoms with Crippen LogP contribution < -0.4 is 15.5 Å². The molecule has 8 nitrogen and oxygen atoms in total. The molecule has 15 heteroatoms. The summed E-state index contributed by atoms with van der Waals surface area (Å²) in [5.41, 5.74) is -4.05. The highest BCUT2D eigenvalue weighted by atomic mass is 32.1. The summed E-state index contributed by atoms with van der Waals surface area (Å²) in [6, 6.07) is 4.30. The van der Waals surface area contributed by atoms with Crippen molar-refractivity contribution in [1.29, 1.82) is 0 Å². The number of thiocarbonyl (C=S) groups is 1. The second-order valence-electron chi connectivity index (χ2n) is 7.26. The topological polar surface area (TPSA) is 96.7 Å². The maximum Gasteiger partial charge on any atom is 0.416 e. The first-order valence-electron chi connectivity index (χ1n) is 9.78. The molecule has 1 saturated heterocycles.